The second-order valence-electron chi connectivity index (χ2n) is 7.04. The number of methoxy groups -OCH3 is 3. The maximum atomic E-state index is 13.4. The van der Waals surface area contributed by atoms with Gasteiger partial charge in [0.2, 0.25) is 0 Å². The second-order valence-corrected chi connectivity index (χ2v) is 7.04. The molecule has 2 heterocycles. The number of ether oxygens (including phenoxy) is 3. The van der Waals surface area contributed by atoms with E-state index >= 15 is 0 Å². The number of carbonyl (C=O) groups is 1. The van der Waals surface area contributed by atoms with Crippen molar-refractivity contribution in [2.75, 3.05) is 26.6 Å². The Kier molecular flexibility index (Phi) is 3.95. The molecule has 2 aromatic carbocycles. The van der Waals surface area contributed by atoms with Crippen molar-refractivity contribution in [2.45, 2.75) is 5.92 Å². The number of aromatic nitrogens is 2. The number of hydrogen-bond donors (Lipinski definition) is 3. The van der Waals surface area contributed by atoms with Crippen LogP contribution in [-0.4, -0.2) is 37.3 Å². The molecule has 0 spiro atoms. The van der Waals surface area contributed by atoms with Gasteiger partial charge in [-0.3, -0.25) is 19.8 Å². The zero-order valence-corrected chi connectivity index (χ0v) is 16.6. The van der Waals surface area contributed by atoms with E-state index < -0.39 is 5.92 Å². The van der Waals surface area contributed by atoms with Gasteiger partial charge in [-0.05, 0) is 6.07 Å². The van der Waals surface area contributed by atoms with Gasteiger partial charge in [-0.1, -0.05) is 24.3 Å². The maximum Gasteiger partial charge on any atom is 0.270 e. The summed E-state index contributed by atoms with van der Waals surface area (Å²) in [6, 6.07) is 10.8. The molecule has 30 heavy (non-hydrogen) atoms. The third-order valence-corrected chi connectivity index (χ3v) is 5.64. The molecule has 0 radical (unpaired) electrons. The number of hydrogen-bond acceptors (Lipinski definition) is 6. The van der Waals surface area contributed by atoms with Gasteiger partial charge in [0.1, 0.15) is 11.6 Å². The lowest BCUT2D eigenvalue weighted by molar-refractivity contribution is 0.103. The molecule has 1 unspecified atom stereocenters. The fourth-order valence-electron chi connectivity index (χ4n) is 4.31. The van der Waals surface area contributed by atoms with Gasteiger partial charge in [-0.2, -0.15) is 0 Å². The first-order chi connectivity index (χ1) is 14.6. The third-order valence-electron chi connectivity index (χ3n) is 5.64. The molecule has 1 atom stereocenters. The molecule has 0 saturated carbocycles. The number of fused-ring (bicyclic) bond motifs is 3. The summed E-state index contributed by atoms with van der Waals surface area (Å²) in [5.41, 5.74) is 3.32. The molecule has 0 bridgehead atoms. The predicted octanol–water partition coefficient (Wildman–Crippen LogP) is 2.89. The summed E-state index contributed by atoms with van der Waals surface area (Å²) >= 11 is 0. The van der Waals surface area contributed by atoms with Crippen LogP contribution in [0, 0.1) is 0 Å². The second kappa shape index (κ2) is 6.55. The van der Waals surface area contributed by atoms with Gasteiger partial charge in [0.05, 0.1) is 38.5 Å². The molecule has 3 aromatic rings. The Balaban J connectivity index is 1.82. The molecule has 8 nitrogen and oxygen atoms in total. The van der Waals surface area contributed by atoms with Crippen LogP contribution in [0.2, 0.25) is 0 Å². The summed E-state index contributed by atoms with van der Waals surface area (Å²) in [6.45, 7) is 0. The van der Waals surface area contributed by atoms with Crippen LogP contribution < -0.4 is 25.1 Å². The quantitative estimate of drug-likeness (QED) is 0.616. The van der Waals surface area contributed by atoms with E-state index in [0.717, 1.165) is 5.56 Å². The van der Waals surface area contributed by atoms with Crippen molar-refractivity contribution >= 4 is 17.3 Å². The molecule has 8 heteroatoms. The number of H-pyrrole nitrogens is 2. The lowest BCUT2D eigenvalue weighted by Gasteiger charge is -2.27. The first-order valence-corrected chi connectivity index (χ1v) is 9.34. The summed E-state index contributed by atoms with van der Waals surface area (Å²) in [5, 5.41) is 8.73. The van der Waals surface area contributed by atoms with Crippen LogP contribution in [0.15, 0.2) is 46.8 Å². The number of aromatic amines is 2. The highest BCUT2D eigenvalue weighted by atomic mass is 16.5. The van der Waals surface area contributed by atoms with Gasteiger partial charge >= 0.3 is 0 Å². The number of Topliss-reactive ketones (excluding diaryl/α,β-unsaturated/α-hetero) is 1. The average Bonchev–Trinajstić information content (AvgIpc) is 3.29. The van der Waals surface area contributed by atoms with Gasteiger partial charge in [0.25, 0.3) is 5.56 Å². The van der Waals surface area contributed by atoms with E-state index in [4.69, 9.17) is 14.2 Å². The van der Waals surface area contributed by atoms with E-state index in [1.807, 2.05) is 18.2 Å². The van der Waals surface area contributed by atoms with Crippen LogP contribution in [0.1, 0.15) is 33.0 Å². The Labute approximate surface area is 171 Å². The standard InChI is InChI=1S/C22H19N3O5/c1-28-13-9-15(30-3)14(29-2)8-12(13)16-17-19(23-21-18(16)22(27)25-24-21)10-6-4-5-7-11(10)20(17)26/h4-9,16H,1-3H3,(H3,23,24,25,27). The highest BCUT2D eigenvalue weighted by Gasteiger charge is 2.43. The van der Waals surface area contributed by atoms with Crippen molar-refractivity contribution in [2.24, 2.45) is 0 Å². The first kappa shape index (κ1) is 18.1. The molecular weight excluding hydrogens is 386 g/mol. The van der Waals surface area contributed by atoms with Crippen LogP contribution in [0.4, 0.5) is 5.82 Å². The van der Waals surface area contributed by atoms with Crippen molar-refractivity contribution in [3.8, 4) is 17.2 Å². The van der Waals surface area contributed by atoms with Gasteiger partial charge in [0, 0.05) is 28.3 Å². The highest BCUT2D eigenvalue weighted by molar-refractivity contribution is 6.23. The molecule has 1 aliphatic heterocycles. The summed E-state index contributed by atoms with van der Waals surface area (Å²) in [7, 11) is 4.61. The fraction of sp³-hybridized carbons (Fsp3) is 0.182. The molecule has 152 valence electrons. The number of rotatable bonds is 4. The van der Waals surface area contributed by atoms with Crippen LogP contribution in [-0.2, 0) is 0 Å². The first-order valence-electron chi connectivity index (χ1n) is 9.34. The van der Waals surface area contributed by atoms with E-state index in [1.54, 1.807) is 18.2 Å². The van der Waals surface area contributed by atoms with Gasteiger partial charge in [-0.25, -0.2) is 0 Å². The minimum absolute atomic E-state index is 0.124. The molecule has 1 aliphatic carbocycles. The van der Waals surface area contributed by atoms with Crippen molar-refractivity contribution in [3.63, 3.8) is 0 Å². The fourth-order valence-corrected chi connectivity index (χ4v) is 4.31. The Morgan fingerprint density at radius 2 is 1.50 bits per heavy atom. The zero-order chi connectivity index (χ0) is 21.0. The molecule has 1 aromatic heterocycles. The van der Waals surface area contributed by atoms with E-state index in [1.165, 1.54) is 21.3 Å². The van der Waals surface area contributed by atoms with Gasteiger partial charge in [0.15, 0.2) is 17.3 Å². The van der Waals surface area contributed by atoms with E-state index in [9.17, 15) is 9.59 Å². The monoisotopic (exact) mass is 405 g/mol. The van der Waals surface area contributed by atoms with E-state index in [0.29, 0.717) is 51.0 Å². The van der Waals surface area contributed by atoms with Gasteiger partial charge < -0.3 is 19.5 Å². The lowest BCUT2D eigenvalue weighted by Crippen LogP contribution is -2.23. The predicted molar refractivity (Wildman–Crippen MR) is 111 cm³/mol. The lowest BCUT2D eigenvalue weighted by atomic mass is 9.81. The summed E-state index contributed by atoms with van der Waals surface area (Å²) in [4.78, 5) is 26.2. The Morgan fingerprint density at radius 1 is 0.833 bits per heavy atom. The molecular formula is C22H19N3O5. The number of carbonyl (C=O) groups excluding carboxylic acids is 1. The molecule has 2 aliphatic rings. The maximum absolute atomic E-state index is 13.4. The third kappa shape index (κ3) is 2.33. The van der Waals surface area contributed by atoms with Crippen molar-refractivity contribution < 1.29 is 19.0 Å². The minimum Gasteiger partial charge on any atom is -0.496 e. The van der Waals surface area contributed by atoms with E-state index in [2.05, 4.69) is 15.5 Å². The highest BCUT2D eigenvalue weighted by Crippen LogP contribution is 2.51. The Morgan fingerprint density at radius 3 is 2.20 bits per heavy atom. The van der Waals surface area contributed by atoms with E-state index in [-0.39, 0.29) is 11.3 Å². The van der Waals surface area contributed by atoms with Crippen molar-refractivity contribution in [1.82, 2.24) is 10.2 Å². The van der Waals surface area contributed by atoms with Crippen LogP contribution in [0.5, 0.6) is 17.2 Å². The van der Waals surface area contributed by atoms with Crippen LogP contribution in [0.3, 0.4) is 0 Å². The smallest absolute Gasteiger partial charge is 0.270 e. The molecule has 0 saturated heterocycles. The largest absolute Gasteiger partial charge is 0.496 e. The molecule has 0 amide bonds. The molecule has 5 rings (SSSR count). The Bertz CT molecular complexity index is 1280. The average molecular weight is 405 g/mol. The topological polar surface area (TPSA) is 105 Å². The SMILES string of the molecule is COc1cc(OC)c(C2C3=C(Nc4[nH][nH]c(=O)c42)c2ccccc2C3=O)cc1OC. The summed E-state index contributed by atoms with van der Waals surface area (Å²) < 4.78 is 16.5. The molecule has 0 fully saturated rings. The normalized spacial score (nSPS) is 16.5. The summed E-state index contributed by atoms with van der Waals surface area (Å²) in [6.07, 6.45) is 0. The number of benzene rings is 2. The summed E-state index contributed by atoms with van der Waals surface area (Å²) in [5.74, 6) is 1.20. The number of allylic oxidation sites excluding steroid dienone is 1. The minimum atomic E-state index is -0.652. The van der Waals surface area contributed by atoms with Crippen molar-refractivity contribution in [1.29, 1.82) is 0 Å². The number of nitrogens with one attached hydrogen (secondary N) is 3. The van der Waals surface area contributed by atoms with Gasteiger partial charge in [-0.15, -0.1) is 0 Å². The number of anilines is 1. The molecule has 3 N–H and O–H groups in total. The van der Waals surface area contributed by atoms with Crippen molar-refractivity contribution in [3.05, 3.63) is 74.6 Å². The number of ketones is 1. The van der Waals surface area contributed by atoms with Crippen LogP contribution in [0.25, 0.3) is 5.70 Å². The zero-order valence-electron chi connectivity index (χ0n) is 16.6. The van der Waals surface area contributed by atoms with Crippen LogP contribution >= 0.6 is 0 Å². The Hall–Kier alpha value is -3.94.